The van der Waals surface area contributed by atoms with Crippen LogP contribution in [0.1, 0.15) is 25.0 Å². The molecule has 0 aliphatic rings. The summed E-state index contributed by atoms with van der Waals surface area (Å²) in [6.45, 7) is 7.47. The molecule has 0 radical (unpaired) electrons. The summed E-state index contributed by atoms with van der Waals surface area (Å²) in [5, 5.41) is 2.56. The Labute approximate surface area is 138 Å². The Bertz CT molecular complexity index is 532. The van der Waals surface area contributed by atoms with Crippen molar-refractivity contribution in [2.45, 2.75) is 38.7 Å². The van der Waals surface area contributed by atoms with Gasteiger partial charge in [0.05, 0.1) is 11.9 Å². The standard InChI is InChI=1S/C15H20BrNO3S/c1-9(2)20-15(19)7-17-14(18)8-21-13-6-10(3)12(16)5-11(13)4/h5-6,9H,7-8H2,1-4H3,(H,17,18). The van der Waals surface area contributed by atoms with Gasteiger partial charge in [-0.15, -0.1) is 11.8 Å². The Morgan fingerprint density at radius 1 is 1.29 bits per heavy atom. The molecular weight excluding hydrogens is 354 g/mol. The molecule has 21 heavy (non-hydrogen) atoms. The predicted octanol–water partition coefficient (Wildman–Crippen LogP) is 3.23. The van der Waals surface area contributed by atoms with Crippen LogP contribution in [0.3, 0.4) is 0 Å². The van der Waals surface area contributed by atoms with Crippen LogP contribution >= 0.6 is 27.7 Å². The highest BCUT2D eigenvalue weighted by Gasteiger charge is 2.10. The molecule has 0 saturated carbocycles. The fraction of sp³-hybridized carbons (Fsp3) is 0.467. The molecule has 1 rings (SSSR count). The zero-order valence-electron chi connectivity index (χ0n) is 12.7. The molecule has 0 fully saturated rings. The summed E-state index contributed by atoms with van der Waals surface area (Å²) in [7, 11) is 0. The van der Waals surface area contributed by atoms with Gasteiger partial charge in [0.25, 0.3) is 0 Å². The van der Waals surface area contributed by atoms with Crippen molar-refractivity contribution < 1.29 is 14.3 Å². The van der Waals surface area contributed by atoms with Crippen molar-refractivity contribution in [1.29, 1.82) is 0 Å². The van der Waals surface area contributed by atoms with Crippen LogP contribution in [0.25, 0.3) is 0 Å². The summed E-state index contributed by atoms with van der Waals surface area (Å²) in [6, 6.07) is 4.08. The van der Waals surface area contributed by atoms with Crippen LogP contribution in [0.15, 0.2) is 21.5 Å². The second-order valence-corrected chi connectivity index (χ2v) is 6.84. The maximum absolute atomic E-state index is 11.7. The molecule has 1 N–H and O–H groups in total. The van der Waals surface area contributed by atoms with Gasteiger partial charge >= 0.3 is 5.97 Å². The number of nitrogens with one attached hydrogen (secondary N) is 1. The van der Waals surface area contributed by atoms with E-state index in [4.69, 9.17) is 4.74 Å². The summed E-state index contributed by atoms with van der Waals surface area (Å²) >= 11 is 4.94. The molecule has 0 saturated heterocycles. The molecule has 116 valence electrons. The number of ether oxygens (including phenoxy) is 1. The maximum atomic E-state index is 11.7. The minimum atomic E-state index is -0.418. The predicted molar refractivity (Wildman–Crippen MR) is 88.6 cm³/mol. The molecule has 1 amide bonds. The van der Waals surface area contributed by atoms with Crippen LogP contribution in [-0.2, 0) is 14.3 Å². The first-order chi connectivity index (χ1) is 9.79. The normalized spacial score (nSPS) is 10.6. The van der Waals surface area contributed by atoms with Crippen LogP contribution < -0.4 is 5.32 Å². The molecule has 0 aliphatic carbocycles. The SMILES string of the molecule is Cc1cc(SCC(=O)NCC(=O)OC(C)C)c(C)cc1Br. The van der Waals surface area contributed by atoms with Gasteiger partial charge < -0.3 is 10.1 Å². The highest BCUT2D eigenvalue weighted by atomic mass is 79.9. The van der Waals surface area contributed by atoms with Crippen molar-refractivity contribution in [2.24, 2.45) is 0 Å². The minimum Gasteiger partial charge on any atom is -0.462 e. The molecule has 0 unspecified atom stereocenters. The minimum absolute atomic E-state index is 0.0874. The van der Waals surface area contributed by atoms with Crippen molar-refractivity contribution in [3.63, 3.8) is 0 Å². The molecule has 0 aromatic heterocycles. The molecule has 0 spiro atoms. The third-order valence-corrected chi connectivity index (χ3v) is 4.62. The van der Waals surface area contributed by atoms with E-state index in [2.05, 4.69) is 21.2 Å². The van der Waals surface area contributed by atoms with Crippen LogP contribution in [0.5, 0.6) is 0 Å². The van der Waals surface area contributed by atoms with Gasteiger partial charge in [-0.3, -0.25) is 9.59 Å². The highest BCUT2D eigenvalue weighted by molar-refractivity contribution is 9.10. The van der Waals surface area contributed by atoms with Crippen molar-refractivity contribution in [2.75, 3.05) is 12.3 Å². The van der Waals surface area contributed by atoms with E-state index in [1.807, 2.05) is 26.0 Å². The molecule has 0 bridgehead atoms. The molecule has 0 aliphatic heterocycles. The number of esters is 1. The molecule has 0 atom stereocenters. The first kappa shape index (κ1) is 18.0. The Kier molecular flexibility index (Phi) is 7.25. The summed E-state index contributed by atoms with van der Waals surface area (Å²) in [6.07, 6.45) is -0.169. The highest BCUT2D eigenvalue weighted by Crippen LogP contribution is 2.28. The van der Waals surface area contributed by atoms with Gasteiger partial charge in [-0.25, -0.2) is 0 Å². The summed E-state index contributed by atoms with van der Waals surface area (Å²) < 4.78 is 6.01. The van der Waals surface area contributed by atoms with E-state index in [-0.39, 0.29) is 24.3 Å². The van der Waals surface area contributed by atoms with Crippen molar-refractivity contribution >= 4 is 39.6 Å². The summed E-state index contributed by atoms with van der Waals surface area (Å²) in [5.41, 5.74) is 2.24. The first-order valence-corrected chi connectivity index (χ1v) is 8.43. The quantitative estimate of drug-likeness (QED) is 0.614. The number of thioether (sulfide) groups is 1. The third-order valence-electron chi connectivity index (χ3n) is 2.61. The van der Waals surface area contributed by atoms with Crippen molar-refractivity contribution in [3.8, 4) is 0 Å². The van der Waals surface area contributed by atoms with Gasteiger partial charge in [-0.2, -0.15) is 0 Å². The number of carbonyl (C=O) groups is 2. The molecule has 1 aromatic carbocycles. The third kappa shape index (κ3) is 6.52. The zero-order chi connectivity index (χ0) is 16.0. The second kappa shape index (κ2) is 8.44. The van der Waals surface area contributed by atoms with Crippen LogP contribution in [0, 0.1) is 13.8 Å². The van der Waals surface area contributed by atoms with Gasteiger partial charge in [-0.05, 0) is 51.0 Å². The second-order valence-electron chi connectivity index (χ2n) is 4.97. The summed E-state index contributed by atoms with van der Waals surface area (Å²) in [4.78, 5) is 24.1. The Balaban J connectivity index is 2.43. The average Bonchev–Trinajstić information content (AvgIpc) is 2.38. The lowest BCUT2D eigenvalue weighted by Gasteiger charge is -2.10. The smallest absolute Gasteiger partial charge is 0.325 e. The van der Waals surface area contributed by atoms with Crippen LogP contribution in [0.2, 0.25) is 0 Å². The van der Waals surface area contributed by atoms with E-state index >= 15 is 0 Å². The largest absolute Gasteiger partial charge is 0.462 e. The van der Waals surface area contributed by atoms with Gasteiger partial charge in [-0.1, -0.05) is 15.9 Å². The van der Waals surface area contributed by atoms with Crippen LogP contribution in [-0.4, -0.2) is 30.3 Å². The van der Waals surface area contributed by atoms with E-state index in [0.29, 0.717) is 0 Å². The van der Waals surface area contributed by atoms with Gasteiger partial charge in [0.1, 0.15) is 6.54 Å². The topological polar surface area (TPSA) is 55.4 Å². The number of hydrogen-bond donors (Lipinski definition) is 1. The number of hydrogen-bond acceptors (Lipinski definition) is 4. The van der Waals surface area contributed by atoms with E-state index in [0.717, 1.165) is 20.5 Å². The van der Waals surface area contributed by atoms with E-state index in [9.17, 15) is 9.59 Å². The van der Waals surface area contributed by atoms with Crippen molar-refractivity contribution in [1.82, 2.24) is 5.32 Å². The molecular formula is C15H20BrNO3S. The zero-order valence-corrected chi connectivity index (χ0v) is 15.1. The molecule has 1 aromatic rings. The van der Waals surface area contributed by atoms with Gasteiger partial charge in [0.2, 0.25) is 5.91 Å². The van der Waals surface area contributed by atoms with Gasteiger partial charge in [0, 0.05) is 9.37 Å². The van der Waals surface area contributed by atoms with E-state index in [1.54, 1.807) is 13.8 Å². The first-order valence-electron chi connectivity index (χ1n) is 6.65. The van der Waals surface area contributed by atoms with Crippen molar-refractivity contribution in [3.05, 3.63) is 27.7 Å². The Morgan fingerprint density at radius 3 is 2.57 bits per heavy atom. The lowest BCUT2D eigenvalue weighted by molar-refractivity contribution is -0.147. The monoisotopic (exact) mass is 373 g/mol. The number of rotatable bonds is 6. The van der Waals surface area contributed by atoms with E-state index in [1.165, 1.54) is 11.8 Å². The number of benzene rings is 1. The molecule has 6 heteroatoms. The molecule has 0 heterocycles. The summed E-state index contributed by atoms with van der Waals surface area (Å²) in [5.74, 6) is -0.323. The number of amides is 1. The Hall–Kier alpha value is -1.01. The number of halogens is 1. The van der Waals surface area contributed by atoms with Crippen LogP contribution in [0.4, 0.5) is 0 Å². The lowest BCUT2D eigenvalue weighted by Crippen LogP contribution is -2.32. The number of aryl methyl sites for hydroxylation is 2. The average molecular weight is 374 g/mol. The fourth-order valence-electron chi connectivity index (χ4n) is 1.58. The maximum Gasteiger partial charge on any atom is 0.325 e. The Morgan fingerprint density at radius 2 is 1.95 bits per heavy atom. The lowest BCUT2D eigenvalue weighted by atomic mass is 10.2. The van der Waals surface area contributed by atoms with E-state index < -0.39 is 5.97 Å². The number of carbonyl (C=O) groups excluding carboxylic acids is 2. The fourth-order valence-corrected chi connectivity index (χ4v) is 2.97. The molecule has 4 nitrogen and oxygen atoms in total. The van der Waals surface area contributed by atoms with Gasteiger partial charge in [0.15, 0.2) is 0 Å².